The van der Waals surface area contributed by atoms with Gasteiger partial charge in [-0.3, -0.25) is 0 Å². The molecular formula is C17H32B2O4. The molecule has 0 aromatic heterocycles. The van der Waals surface area contributed by atoms with E-state index in [1.165, 1.54) is 51.4 Å². The first-order chi connectivity index (χ1) is 11.0. The number of hydrogen-bond donors (Lipinski definition) is 4. The van der Waals surface area contributed by atoms with Gasteiger partial charge >= 0.3 is 14.2 Å². The topological polar surface area (TPSA) is 80.9 Å². The van der Waals surface area contributed by atoms with Crippen molar-refractivity contribution in [3.63, 3.8) is 0 Å². The van der Waals surface area contributed by atoms with Gasteiger partial charge in [0.2, 0.25) is 0 Å². The second kappa shape index (κ2) is 7.47. The summed E-state index contributed by atoms with van der Waals surface area (Å²) in [7, 11) is -2.68. The van der Waals surface area contributed by atoms with Gasteiger partial charge < -0.3 is 20.1 Å². The lowest BCUT2D eigenvalue weighted by Gasteiger charge is -2.40. The minimum Gasteiger partial charge on any atom is -0.427 e. The first-order valence-electron chi connectivity index (χ1n) is 9.72. The fraction of sp³-hybridized carbons (Fsp3) is 1.00. The quantitative estimate of drug-likeness (QED) is 0.589. The Labute approximate surface area is 141 Å². The number of fused-ring (bicyclic) bond motifs is 1. The normalized spacial score (nSPS) is 41.7. The van der Waals surface area contributed by atoms with Crippen molar-refractivity contribution in [1.82, 2.24) is 0 Å². The van der Waals surface area contributed by atoms with E-state index in [1.54, 1.807) is 0 Å². The smallest absolute Gasteiger partial charge is 0.427 e. The van der Waals surface area contributed by atoms with Crippen LogP contribution >= 0.6 is 0 Å². The molecule has 5 unspecified atom stereocenters. The highest BCUT2D eigenvalue weighted by atomic mass is 16.4. The Morgan fingerprint density at radius 1 is 0.696 bits per heavy atom. The Balaban J connectivity index is 1.76. The Hall–Kier alpha value is -0.0301. The van der Waals surface area contributed by atoms with Crippen molar-refractivity contribution in [3.05, 3.63) is 0 Å². The Morgan fingerprint density at radius 3 is 2.00 bits per heavy atom. The van der Waals surface area contributed by atoms with Crippen LogP contribution in [0.25, 0.3) is 0 Å². The predicted octanol–water partition coefficient (Wildman–Crippen LogP) is 2.61. The number of hydrogen-bond acceptors (Lipinski definition) is 4. The van der Waals surface area contributed by atoms with Gasteiger partial charge in [0.1, 0.15) is 0 Å². The molecule has 1 spiro atoms. The lowest BCUT2D eigenvalue weighted by atomic mass is 9.57. The van der Waals surface area contributed by atoms with Gasteiger partial charge in [0.25, 0.3) is 0 Å². The molecule has 23 heavy (non-hydrogen) atoms. The van der Waals surface area contributed by atoms with E-state index in [2.05, 4.69) is 0 Å². The molecular weight excluding hydrogens is 290 g/mol. The van der Waals surface area contributed by atoms with Crippen LogP contribution in [0.15, 0.2) is 0 Å². The van der Waals surface area contributed by atoms with Crippen molar-refractivity contribution in [2.24, 2.45) is 17.3 Å². The van der Waals surface area contributed by atoms with Crippen molar-refractivity contribution in [2.75, 3.05) is 0 Å². The van der Waals surface area contributed by atoms with Crippen LogP contribution in [0, 0.1) is 17.3 Å². The summed E-state index contributed by atoms with van der Waals surface area (Å²) in [6.07, 6.45) is 13.6. The van der Waals surface area contributed by atoms with Gasteiger partial charge in [-0.15, -0.1) is 0 Å². The van der Waals surface area contributed by atoms with Gasteiger partial charge in [-0.05, 0) is 67.4 Å². The first kappa shape index (κ1) is 17.8. The van der Waals surface area contributed by atoms with Crippen molar-refractivity contribution in [3.8, 4) is 0 Å². The minimum atomic E-state index is -1.34. The maximum absolute atomic E-state index is 9.80. The van der Waals surface area contributed by atoms with Gasteiger partial charge in [0.05, 0.1) is 0 Å². The second-order valence-electron chi connectivity index (χ2n) is 8.68. The summed E-state index contributed by atoms with van der Waals surface area (Å²) >= 11 is 0. The molecule has 2 bridgehead atoms. The van der Waals surface area contributed by atoms with E-state index < -0.39 is 14.2 Å². The van der Waals surface area contributed by atoms with Crippen LogP contribution in [0.4, 0.5) is 0 Å². The summed E-state index contributed by atoms with van der Waals surface area (Å²) in [5.41, 5.74) is 0.505. The molecule has 3 aliphatic rings. The van der Waals surface area contributed by atoms with E-state index in [-0.39, 0.29) is 11.6 Å². The highest BCUT2D eigenvalue weighted by Gasteiger charge is 2.48. The summed E-state index contributed by atoms with van der Waals surface area (Å²) in [5.74, 6) is 0.982. The van der Waals surface area contributed by atoms with Gasteiger partial charge in [-0.1, -0.05) is 38.5 Å². The van der Waals surface area contributed by atoms with Crippen LogP contribution in [0.3, 0.4) is 0 Å². The van der Waals surface area contributed by atoms with Crippen LogP contribution in [-0.2, 0) is 0 Å². The molecule has 3 aliphatic carbocycles. The highest BCUT2D eigenvalue weighted by molar-refractivity contribution is 6.45. The van der Waals surface area contributed by atoms with E-state index in [0.717, 1.165) is 25.2 Å². The molecule has 0 saturated heterocycles. The molecule has 0 aromatic rings. The zero-order valence-electron chi connectivity index (χ0n) is 14.2. The zero-order chi connectivity index (χ0) is 16.4. The van der Waals surface area contributed by atoms with Crippen molar-refractivity contribution < 1.29 is 20.1 Å². The molecule has 130 valence electrons. The molecule has 3 saturated carbocycles. The van der Waals surface area contributed by atoms with Gasteiger partial charge in [0, 0.05) is 0 Å². The molecule has 0 aliphatic heterocycles. The molecule has 3 fully saturated rings. The lowest BCUT2D eigenvalue weighted by molar-refractivity contribution is 0.111. The first-order valence-corrected chi connectivity index (χ1v) is 9.72. The molecule has 5 atom stereocenters. The average molecular weight is 322 g/mol. The maximum Gasteiger partial charge on any atom is 0.454 e. The Morgan fingerprint density at radius 2 is 1.35 bits per heavy atom. The largest absolute Gasteiger partial charge is 0.454 e. The van der Waals surface area contributed by atoms with E-state index in [4.69, 9.17) is 0 Å². The monoisotopic (exact) mass is 322 g/mol. The summed E-state index contributed by atoms with van der Waals surface area (Å²) < 4.78 is 0. The van der Waals surface area contributed by atoms with Crippen LogP contribution in [-0.4, -0.2) is 34.3 Å². The molecule has 0 amide bonds. The van der Waals surface area contributed by atoms with Crippen LogP contribution in [0.1, 0.15) is 77.0 Å². The summed E-state index contributed by atoms with van der Waals surface area (Å²) in [6, 6.07) is 0. The van der Waals surface area contributed by atoms with E-state index >= 15 is 0 Å². The fourth-order valence-corrected chi connectivity index (χ4v) is 6.11. The van der Waals surface area contributed by atoms with E-state index in [1.807, 2.05) is 0 Å². The minimum absolute atomic E-state index is 0.220. The molecule has 0 heterocycles. The Kier molecular flexibility index (Phi) is 5.77. The summed E-state index contributed by atoms with van der Waals surface area (Å²) in [6.45, 7) is 0. The van der Waals surface area contributed by atoms with E-state index in [9.17, 15) is 20.1 Å². The van der Waals surface area contributed by atoms with Crippen molar-refractivity contribution in [1.29, 1.82) is 0 Å². The van der Waals surface area contributed by atoms with Crippen LogP contribution < -0.4 is 0 Å². The number of rotatable bonds is 2. The Bertz CT molecular complexity index is 393. The van der Waals surface area contributed by atoms with Crippen molar-refractivity contribution >= 4 is 14.2 Å². The average Bonchev–Trinajstić information content (AvgIpc) is 2.84. The standard InChI is InChI=1S/C17H32B2O4/c20-18(21)15-6-2-4-8-17-7-3-1-5-14(17)9-13(12-17)10-16(11-15)19(22)23/h13-16,20-23H,1-12H2. The second-order valence-corrected chi connectivity index (χ2v) is 8.68. The zero-order valence-corrected chi connectivity index (χ0v) is 14.2. The lowest BCUT2D eigenvalue weighted by Crippen LogP contribution is -2.29. The molecule has 4 N–H and O–H groups in total. The third-order valence-corrected chi connectivity index (χ3v) is 7.24. The molecule has 0 aromatic carbocycles. The summed E-state index contributed by atoms with van der Waals surface area (Å²) in [5, 5.41) is 38.9. The third kappa shape index (κ3) is 3.97. The summed E-state index contributed by atoms with van der Waals surface area (Å²) in [4.78, 5) is 0. The van der Waals surface area contributed by atoms with E-state index in [0.29, 0.717) is 17.8 Å². The molecule has 3 rings (SSSR count). The SMILES string of the molecule is OB(O)C1CCCCC23CCCCC2CC(CC(B(O)O)C1)C3. The molecule has 0 radical (unpaired) electrons. The molecule has 6 heteroatoms. The third-order valence-electron chi connectivity index (χ3n) is 7.24. The van der Waals surface area contributed by atoms with Gasteiger partial charge in [-0.25, -0.2) is 0 Å². The predicted molar refractivity (Wildman–Crippen MR) is 92.7 cm³/mol. The molecule has 4 nitrogen and oxygen atoms in total. The van der Waals surface area contributed by atoms with Gasteiger partial charge in [0.15, 0.2) is 0 Å². The van der Waals surface area contributed by atoms with Gasteiger partial charge in [-0.2, -0.15) is 0 Å². The fourth-order valence-electron chi connectivity index (χ4n) is 6.11. The van der Waals surface area contributed by atoms with Crippen LogP contribution in [0.5, 0.6) is 0 Å². The highest BCUT2D eigenvalue weighted by Crippen LogP contribution is 2.59. The maximum atomic E-state index is 9.80. The van der Waals surface area contributed by atoms with Crippen molar-refractivity contribution in [2.45, 2.75) is 88.7 Å². The van der Waals surface area contributed by atoms with Crippen LogP contribution in [0.2, 0.25) is 11.6 Å².